The number of anilines is 2. The van der Waals surface area contributed by atoms with Gasteiger partial charge in [-0.2, -0.15) is 0 Å². The number of benzene rings is 1. The molecule has 0 aromatic heterocycles. The number of hydrogen-bond donors (Lipinski definition) is 2. The Labute approximate surface area is 135 Å². The molecule has 0 unspecified atom stereocenters. The van der Waals surface area contributed by atoms with Gasteiger partial charge >= 0.3 is 0 Å². The predicted molar refractivity (Wildman–Crippen MR) is 86.1 cm³/mol. The molecule has 1 atom stereocenters. The molecule has 1 aromatic carbocycles. The molecule has 3 amide bonds. The van der Waals surface area contributed by atoms with Crippen LogP contribution in [-0.4, -0.2) is 44.5 Å². The molecule has 7 heteroatoms. The molecule has 1 fully saturated rings. The molecule has 0 aliphatic carbocycles. The number of nitrogens with zero attached hydrogens (tertiary/aromatic N) is 1. The summed E-state index contributed by atoms with van der Waals surface area (Å²) in [6, 6.07) is 6.98. The molecule has 2 N–H and O–H groups in total. The highest BCUT2D eigenvalue weighted by atomic mass is 16.5. The van der Waals surface area contributed by atoms with Crippen LogP contribution in [0.5, 0.6) is 0 Å². The standard InChI is InChI=1S/C16H21N3O4/c1-11(20)18-13-3-5-14(6-4-13)19-10-12(9-15(19)21)16(22)17-7-8-23-2/h3-6,12H,7-10H2,1-2H3,(H,17,22)(H,18,20)/t12-/m0/s1. The highest BCUT2D eigenvalue weighted by molar-refractivity contribution is 6.00. The van der Waals surface area contributed by atoms with Gasteiger partial charge in [-0.25, -0.2) is 0 Å². The van der Waals surface area contributed by atoms with Crippen molar-refractivity contribution in [3.63, 3.8) is 0 Å². The second kappa shape index (κ2) is 7.73. The Morgan fingerprint density at radius 1 is 1.30 bits per heavy atom. The topological polar surface area (TPSA) is 87.7 Å². The summed E-state index contributed by atoms with van der Waals surface area (Å²) >= 11 is 0. The fraction of sp³-hybridized carbons (Fsp3) is 0.438. The van der Waals surface area contributed by atoms with Crippen molar-refractivity contribution >= 4 is 29.1 Å². The Bertz CT molecular complexity index is 585. The SMILES string of the molecule is COCCNC(=O)[C@H]1CC(=O)N(c2ccc(NC(C)=O)cc2)C1. The minimum Gasteiger partial charge on any atom is -0.383 e. The van der Waals surface area contributed by atoms with Crippen molar-refractivity contribution in [3.05, 3.63) is 24.3 Å². The van der Waals surface area contributed by atoms with Crippen molar-refractivity contribution in [1.29, 1.82) is 0 Å². The molecule has 2 rings (SSSR count). The zero-order valence-electron chi connectivity index (χ0n) is 13.3. The van der Waals surface area contributed by atoms with Gasteiger partial charge in [-0.05, 0) is 24.3 Å². The van der Waals surface area contributed by atoms with E-state index in [0.29, 0.717) is 25.4 Å². The molecule has 0 bridgehead atoms. The molecule has 1 aliphatic rings. The van der Waals surface area contributed by atoms with E-state index in [1.165, 1.54) is 6.92 Å². The molecule has 0 saturated carbocycles. The first-order valence-electron chi connectivity index (χ1n) is 7.46. The lowest BCUT2D eigenvalue weighted by Gasteiger charge is -2.17. The van der Waals surface area contributed by atoms with Crippen molar-refractivity contribution in [1.82, 2.24) is 5.32 Å². The van der Waals surface area contributed by atoms with Gasteiger partial charge in [-0.15, -0.1) is 0 Å². The molecule has 124 valence electrons. The summed E-state index contributed by atoms with van der Waals surface area (Å²) in [5.74, 6) is -0.714. The van der Waals surface area contributed by atoms with Crippen LogP contribution in [0.15, 0.2) is 24.3 Å². The number of nitrogens with one attached hydrogen (secondary N) is 2. The van der Waals surface area contributed by atoms with Gasteiger partial charge in [0.1, 0.15) is 0 Å². The molecule has 0 spiro atoms. The van der Waals surface area contributed by atoms with Crippen LogP contribution < -0.4 is 15.5 Å². The zero-order valence-corrected chi connectivity index (χ0v) is 13.3. The van der Waals surface area contributed by atoms with Crippen LogP contribution in [0.4, 0.5) is 11.4 Å². The Morgan fingerprint density at radius 2 is 2.00 bits per heavy atom. The van der Waals surface area contributed by atoms with Crippen LogP contribution in [0.1, 0.15) is 13.3 Å². The van der Waals surface area contributed by atoms with E-state index in [0.717, 1.165) is 5.69 Å². The number of hydrogen-bond acceptors (Lipinski definition) is 4. The maximum atomic E-state index is 12.1. The number of methoxy groups -OCH3 is 1. The Hall–Kier alpha value is -2.41. The quantitative estimate of drug-likeness (QED) is 0.758. The third kappa shape index (κ3) is 4.53. The summed E-state index contributed by atoms with van der Waals surface area (Å²) in [5, 5.41) is 5.43. The second-order valence-electron chi connectivity index (χ2n) is 5.42. The first-order valence-corrected chi connectivity index (χ1v) is 7.46. The minimum absolute atomic E-state index is 0.0795. The van der Waals surface area contributed by atoms with Crippen LogP contribution in [0.25, 0.3) is 0 Å². The predicted octanol–water partition coefficient (Wildman–Crippen LogP) is 0.760. The fourth-order valence-electron chi connectivity index (χ4n) is 2.48. The maximum absolute atomic E-state index is 12.1. The highest BCUT2D eigenvalue weighted by Gasteiger charge is 2.34. The summed E-state index contributed by atoms with van der Waals surface area (Å²) < 4.78 is 4.88. The van der Waals surface area contributed by atoms with E-state index in [2.05, 4.69) is 10.6 Å². The number of carbonyl (C=O) groups is 3. The lowest BCUT2D eigenvalue weighted by atomic mass is 10.1. The minimum atomic E-state index is -0.352. The van der Waals surface area contributed by atoms with Crippen LogP contribution in [0, 0.1) is 5.92 Å². The first-order chi connectivity index (χ1) is 11.0. The van der Waals surface area contributed by atoms with Crippen LogP contribution >= 0.6 is 0 Å². The molecular formula is C16H21N3O4. The smallest absolute Gasteiger partial charge is 0.227 e. The second-order valence-corrected chi connectivity index (χ2v) is 5.42. The molecule has 1 aliphatic heterocycles. The van der Waals surface area contributed by atoms with Gasteiger partial charge in [0.05, 0.1) is 12.5 Å². The van der Waals surface area contributed by atoms with Gasteiger partial charge < -0.3 is 20.3 Å². The lowest BCUT2D eigenvalue weighted by Crippen LogP contribution is -2.34. The molecule has 1 saturated heterocycles. The third-order valence-corrected chi connectivity index (χ3v) is 3.60. The monoisotopic (exact) mass is 319 g/mol. The van der Waals surface area contributed by atoms with E-state index in [-0.39, 0.29) is 30.1 Å². The van der Waals surface area contributed by atoms with E-state index in [1.807, 2.05) is 0 Å². The van der Waals surface area contributed by atoms with Crippen molar-refractivity contribution in [2.75, 3.05) is 37.0 Å². The van der Waals surface area contributed by atoms with E-state index in [4.69, 9.17) is 4.74 Å². The van der Waals surface area contributed by atoms with Gasteiger partial charge in [-0.3, -0.25) is 14.4 Å². The molecule has 1 heterocycles. The number of rotatable bonds is 6. The molecular weight excluding hydrogens is 298 g/mol. The van der Waals surface area contributed by atoms with Crippen molar-refractivity contribution in [2.24, 2.45) is 5.92 Å². The van der Waals surface area contributed by atoms with Crippen LogP contribution in [0.3, 0.4) is 0 Å². The van der Waals surface area contributed by atoms with Gasteiger partial charge in [0, 0.05) is 44.9 Å². The highest BCUT2D eigenvalue weighted by Crippen LogP contribution is 2.26. The van der Waals surface area contributed by atoms with Crippen molar-refractivity contribution < 1.29 is 19.1 Å². The largest absolute Gasteiger partial charge is 0.383 e. The van der Waals surface area contributed by atoms with Crippen molar-refractivity contribution in [2.45, 2.75) is 13.3 Å². The Morgan fingerprint density at radius 3 is 2.61 bits per heavy atom. The Kier molecular flexibility index (Phi) is 5.70. The normalized spacial score (nSPS) is 17.2. The molecule has 23 heavy (non-hydrogen) atoms. The lowest BCUT2D eigenvalue weighted by molar-refractivity contribution is -0.126. The van der Waals surface area contributed by atoms with Gasteiger partial charge in [0.2, 0.25) is 17.7 Å². The first kappa shape index (κ1) is 17.0. The zero-order chi connectivity index (χ0) is 16.8. The maximum Gasteiger partial charge on any atom is 0.227 e. The van der Waals surface area contributed by atoms with Gasteiger partial charge in [0.25, 0.3) is 0 Å². The summed E-state index contributed by atoms with van der Waals surface area (Å²) in [6.45, 7) is 2.67. The third-order valence-electron chi connectivity index (χ3n) is 3.60. The summed E-state index contributed by atoms with van der Waals surface area (Å²) in [5.41, 5.74) is 1.39. The van der Waals surface area contributed by atoms with E-state index < -0.39 is 0 Å². The van der Waals surface area contributed by atoms with Crippen LogP contribution in [0.2, 0.25) is 0 Å². The van der Waals surface area contributed by atoms with E-state index >= 15 is 0 Å². The van der Waals surface area contributed by atoms with Gasteiger partial charge in [0.15, 0.2) is 0 Å². The average Bonchev–Trinajstić information content (AvgIpc) is 2.90. The number of amides is 3. The van der Waals surface area contributed by atoms with Gasteiger partial charge in [-0.1, -0.05) is 0 Å². The average molecular weight is 319 g/mol. The fourth-order valence-corrected chi connectivity index (χ4v) is 2.48. The summed E-state index contributed by atoms with van der Waals surface area (Å²) in [4.78, 5) is 36.8. The number of ether oxygens (including phenoxy) is 1. The molecule has 1 aromatic rings. The summed E-state index contributed by atoms with van der Waals surface area (Å²) in [7, 11) is 1.57. The van der Waals surface area contributed by atoms with Crippen LogP contribution in [-0.2, 0) is 19.1 Å². The number of carbonyl (C=O) groups excluding carboxylic acids is 3. The summed E-state index contributed by atoms with van der Waals surface area (Å²) in [6.07, 6.45) is 0.201. The van der Waals surface area contributed by atoms with Crippen molar-refractivity contribution in [3.8, 4) is 0 Å². The Balaban J connectivity index is 1.97. The van der Waals surface area contributed by atoms with E-state index in [9.17, 15) is 14.4 Å². The molecule has 7 nitrogen and oxygen atoms in total. The van der Waals surface area contributed by atoms with E-state index in [1.54, 1.807) is 36.3 Å². The molecule has 0 radical (unpaired) electrons.